The lowest BCUT2D eigenvalue weighted by atomic mass is 10.2. The van der Waals surface area contributed by atoms with E-state index in [1.54, 1.807) is 36.6 Å². The lowest BCUT2D eigenvalue weighted by Gasteiger charge is -2.19. The topological polar surface area (TPSA) is 85.6 Å². The molecule has 3 aromatic carbocycles. The first-order valence-corrected chi connectivity index (χ1v) is 10.7. The summed E-state index contributed by atoms with van der Waals surface area (Å²) >= 11 is 3.47. The van der Waals surface area contributed by atoms with Gasteiger partial charge in [-0.2, -0.15) is 0 Å². The van der Waals surface area contributed by atoms with Gasteiger partial charge >= 0.3 is 6.03 Å². The van der Waals surface area contributed by atoms with Gasteiger partial charge in [0.2, 0.25) is 5.89 Å². The number of carbonyl (C=O) groups excluding carboxylic acids is 1. The molecule has 2 amide bonds. The molecule has 0 saturated carbocycles. The van der Waals surface area contributed by atoms with Crippen molar-refractivity contribution in [2.45, 2.75) is 0 Å². The summed E-state index contributed by atoms with van der Waals surface area (Å²) in [6.07, 6.45) is 1.63. The van der Waals surface area contributed by atoms with E-state index in [1.807, 2.05) is 36.4 Å². The number of carbonyl (C=O) groups is 1. The van der Waals surface area contributed by atoms with Gasteiger partial charge < -0.3 is 24.5 Å². The Morgan fingerprint density at radius 1 is 0.844 bits per heavy atom. The first kappa shape index (κ1) is 20.1. The van der Waals surface area contributed by atoms with Crippen LogP contribution in [-0.4, -0.2) is 24.2 Å². The molecule has 1 aromatic heterocycles. The Kier molecular flexibility index (Phi) is 5.51. The van der Waals surface area contributed by atoms with E-state index in [2.05, 4.69) is 31.5 Å². The van der Waals surface area contributed by atoms with Crippen molar-refractivity contribution in [1.82, 2.24) is 4.98 Å². The minimum atomic E-state index is -0.359. The van der Waals surface area contributed by atoms with Crippen molar-refractivity contribution in [1.29, 1.82) is 0 Å². The number of anilines is 2. The number of aromatic nitrogens is 1. The molecular weight excluding hydrogens is 474 g/mol. The van der Waals surface area contributed by atoms with E-state index in [9.17, 15) is 4.79 Å². The first-order chi connectivity index (χ1) is 15.6. The number of amides is 2. The van der Waals surface area contributed by atoms with Gasteiger partial charge in [0.05, 0.1) is 0 Å². The minimum absolute atomic E-state index is 0.359. The molecule has 1 aliphatic heterocycles. The van der Waals surface area contributed by atoms with Gasteiger partial charge in [0.25, 0.3) is 0 Å². The zero-order chi connectivity index (χ0) is 21.9. The number of hydrogen-bond donors (Lipinski definition) is 2. The Bertz CT molecular complexity index is 1270. The smallest absolute Gasteiger partial charge is 0.323 e. The van der Waals surface area contributed by atoms with E-state index in [1.165, 1.54) is 0 Å². The second kappa shape index (κ2) is 8.76. The quantitative estimate of drug-likeness (QED) is 0.355. The number of fused-ring (bicyclic) bond motifs is 1. The third kappa shape index (κ3) is 4.45. The van der Waals surface area contributed by atoms with E-state index in [-0.39, 0.29) is 6.03 Å². The standard InChI is InChI=1S/C24H18BrN3O4/c25-17-3-1-2-16(12-17)20-14-32-23(28-20)15-4-6-18(7-5-15)26-24(29)27-19-8-9-21-22(13-19)31-11-10-30-21/h1-9,12-14H,10-11H2,(H2,26,27,29). The highest BCUT2D eigenvalue weighted by Gasteiger charge is 2.13. The highest BCUT2D eigenvalue weighted by Crippen LogP contribution is 2.32. The van der Waals surface area contributed by atoms with Gasteiger partial charge in [0.15, 0.2) is 11.5 Å². The van der Waals surface area contributed by atoms with Crippen molar-refractivity contribution in [3.8, 4) is 34.2 Å². The van der Waals surface area contributed by atoms with Crippen LogP contribution in [0.3, 0.4) is 0 Å². The largest absolute Gasteiger partial charge is 0.486 e. The molecule has 4 aromatic rings. The average molecular weight is 492 g/mol. The van der Waals surface area contributed by atoms with E-state index in [4.69, 9.17) is 13.9 Å². The molecule has 7 nitrogen and oxygen atoms in total. The molecule has 0 fully saturated rings. The Hall–Kier alpha value is -3.78. The van der Waals surface area contributed by atoms with Crippen LogP contribution in [0.15, 0.2) is 81.9 Å². The fraction of sp³-hybridized carbons (Fsp3) is 0.0833. The normalized spacial score (nSPS) is 12.3. The molecule has 32 heavy (non-hydrogen) atoms. The van der Waals surface area contributed by atoms with Gasteiger partial charge in [-0.1, -0.05) is 28.1 Å². The van der Waals surface area contributed by atoms with Crippen molar-refractivity contribution in [2.75, 3.05) is 23.8 Å². The maximum absolute atomic E-state index is 12.4. The van der Waals surface area contributed by atoms with E-state index in [0.29, 0.717) is 42.0 Å². The zero-order valence-electron chi connectivity index (χ0n) is 16.8. The van der Waals surface area contributed by atoms with Crippen LogP contribution in [0.5, 0.6) is 11.5 Å². The number of ether oxygens (including phenoxy) is 2. The zero-order valence-corrected chi connectivity index (χ0v) is 18.4. The summed E-state index contributed by atoms with van der Waals surface area (Å²) in [4.78, 5) is 16.9. The average Bonchev–Trinajstić information content (AvgIpc) is 3.30. The molecule has 2 N–H and O–H groups in total. The van der Waals surface area contributed by atoms with Crippen molar-refractivity contribution in [2.24, 2.45) is 0 Å². The number of urea groups is 1. The van der Waals surface area contributed by atoms with Crippen LogP contribution in [-0.2, 0) is 0 Å². The third-order valence-corrected chi connectivity index (χ3v) is 5.31. The van der Waals surface area contributed by atoms with Crippen LogP contribution in [0.1, 0.15) is 0 Å². The molecule has 2 heterocycles. The van der Waals surface area contributed by atoms with E-state index >= 15 is 0 Å². The second-order valence-electron chi connectivity index (χ2n) is 7.06. The SMILES string of the molecule is O=C(Nc1ccc(-c2nc(-c3cccc(Br)c3)co2)cc1)Nc1ccc2c(c1)OCCO2. The van der Waals surface area contributed by atoms with Gasteiger partial charge in [-0.25, -0.2) is 9.78 Å². The number of oxazole rings is 1. The van der Waals surface area contributed by atoms with Gasteiger partial charge in [-0.15, -0.1) is 0 Å². The molecule has 8 heteroatoms. The fourth-order valence-electron chi connectivity index (χ4n) is 3.30. The fourth-order valence-corrected chi connectivity index (χ4v) is 3.70. The molecule has 0 spiro atoms. The number of benzene rings is 3. The van der Waals surface area contributed by atoms with Gasteiger partial charge in [0, 0.05) is 33.0 Å². The van der Waals surface area contributed by atoms with Crippen LogP contribution in [0, 0.1) is 0 Å². The van der Waals surface area contributed by atoms with Gasteiger partial charge in [-0.05, 0) is 48.5 Å². The van der Waals surface area contributed by atoms with E-state index in [0.717, 1.165) is 21.3 Å². The summed E-state index contributed by atoms with van der Waals surface area (Å²) in [6, 6.07) is 20.1. The van der Waals surface area contributed by atoms with Crippen LogP contribution in [0.4, 0.5) is 16.2 Å². The third-order valence-electron chi connectivity index (χ3n) is 4.81. The highest BCUT2D eigenvalue weighted by atomic mass is 79.9. The molecular formula is C24H18BrN3O4. The number of halogens is 1. The summed E-state index contributed by atoms with van der Waals surface area (Å²) in [6.45, 7) is 1.01. The first-order valence-electron chi connectivity index (χ1n) is 9.94. The Morgan fingerprint density at radius 3 is 2.41 bits per heavy atom. The minimum Gasteiger partial charge on any atom is -0.486 e. The monoisotopic (exact) mass is 491 g/mol. The summed E-state index contributed by atoms with van der Waals surface area (Å²) < 4.78 is 17.6. The maximum atomic E-state index is 12.4. The highest BCUT2D eigenvalue weighted by molar-refractivity contribution is 9.10. The van der Waals surface area contributed by atoms with E-state index < -0.39 is 0 Å². The molecule has 1 aliphatic rings. The summed E-state index contributed by atoms with van der Waals surface area (Å²) in [5.41, 5.74) is 3.78. The number of nitrogens with zero attached hydrogens (tertiary/aromatic N) is 1. The molecule has 0 saturated heterocycles. The molecule has 0 bridgehead atoms. The number of nitrogens with one attached hydrogen (secondary N) is 2. The Balaban J connectivity index is 1.24. The number of hydrogen-bond acceptors (Lipinski definition) is 5. The molecule has 0 unspecified atom stereocenters. The Labute approximate surface area is 192 Å². The predicted octanol–water partition coefficient (Wildman–Crippen LogP) is 6.19. The van der Waals surface area contributed by atoms with Gasteiger partial charge in [0.1, 0.15) is 25.2 Å². The van der Waals surface area contributed by atoms with Crippen LogP contribution in [0.25, 0.3) is 22.7 Å². The lowest BCUT2D eigenvalue weighted by Crippen LogP contribution is -2.20. The summed E-state index contributed by atoms with van der Waals surface area (Å²) in [5.74, 6) is 1.80. The molecule has 0 radical (unpaired) electrons. The van der Waals surface area contributed by atoms with Crippen molar-refractivity contribution in [3.63, 3.8) is 0 Å². The lowest BCUT2D eigenvalue weighted by molar-refractivity contribution is 0.171. The van der Waals surface area contributed by atoms with Crippen molar-refractivity contribution < 1.29 is 18.7 Å². The predicted molar refractivity (Wildman–Crippen MR) is 125 cm³/mol. The molecule has 5 rings (SSSR count). The van der Waals surface area contributed by atoms with Gasteiger partial charge in [-0.3, -0.25) is 0 Å². The van der Waals surface area contributed by atoms with Crippen molar-refractivity contribution >= 4 is 33.3 Å². The maximum Gasteiger partial charge on any atom is 0.323 e. The molecule has 160 valence electrons. The summed E-state index contributed by atoms with van der Waals surface area (Å²) in [7, 11) is 0. The number of rotatable bonds is 4. The van der Waals surface area contributed by atoms with Crippen LogP contribution >= 0.6 is 15.9 Å². The molecule has 0 aliphatic carbocycles. The van der Waals surface area contributed by atoms with Crippen LogP contribution in [0.2, 0.25) is 0 Å². The molecule has 0 atom stereocenters. The van der Waals surface area contributed by atoms with Crippen molar-refractivity contribution in [3.05, 3.63) is 77.5 Å². The summed E-state index contributed by atoms with van der Waals surface area (Å²) in [5, 5.41) is 5.60. The second-order valence-corrected chi connectivity index (χ2v) is 7.98. The van der Waals surface area contributed by atoms with Crippen LogP contribution < -0.4 is 20.1 Å². The Morgan fingerprint density at radius 2 is 1.59 bits per heavy atom.